The van der Waals surface area contributed by atoms with Gasteiger partial charge in [-0.1, -0.05) is 30.7 Å². The van der Waals surface area contributed by atoms with Gasteiger partial charge in [0.25, 0.3) is 5.91 Å². The number of nitrogens with one attached hydrogen (secondary N) is 1. The number of amides is 1. The molecule has 2 rings (SSSR count). The molecule has 0 saturated carbocycles. The van der Waals surface area contributed by atoms with E-state index < -0.39 is 42.1 Å². The van der Waals surface area contributed by atoms with Crippen LogP contribution in [0, 0.1) is 0 Å². The van der Waals surface area contributed by atoms with Crippen molar-refractivity contribution < 1.29 is 28.2 Å². The van der Waals surface area contributed by atoms with Crippen LogP contribution in [0.3, 0.4) is 0 Å². The van der Waals surface area contributed by atoms with Gasteiger partial charge >= 0.3 is 6.18 Å². The lowest BCUT2D eigenvalue weighted by atomic mass is 9.90. The van der Waals surface area contributed by atoms with Crippen molar-refractivity contribution in [1.82, 2.24) is 14.9 Å². The van der Waals surface area contributed by atoms with Crippen molar-refractivity contribution in [2.75, 3.05) is 6.54 Å². The van der Waals surface area contributed by atoms with Crippen molar-refractivity contribution in [2.24, 2.45) is 7.05 Å². The maximum Gasteiger partial charge on any atom is 0.424 e. The molecule has 6 nitrogen and oxygen atoms in total. The number of nitrogens with zero attached hydrogens (tertiary/aromatic N) is 2. The van der Waals surface area contributed by atoms with Gasteiger partial charge < -0.3 is 20.1 Å². The molecule has 0 fully saturated rings. The van der Waals surface area contributed by atoms with Crippen LogP contribution in [0.2, 0.25) is 5.02 Å². The molecule has 1 heterocycles. The lowest BCUT2D eigenvalue weighted by molar-refractivity contribution is -0.272. The molecule has 0 aliphatic carbocycles. The number of hydrogen-bond donors (Lipinski definition) is 3. The molecule has 0 unspecified atom stereocenters. The van der Waals surface area contributed by atoms with Gasteiger partial charge in [0.05, 0.1) is 0 Å². The van der Waals surface area contributed by atoms with Gasteiger partial charge in [-0.3, -0.25) is 4.79 Å². The summed E-state index contributed by atoms with van der Waals surface area (Å²) in [6.45, 7) is 1.02. The van der Waals surface area contributed by atoms with Gasteiger partial charge in [0.1, 0.15) is 5.82 Å². The minimum absolute atomic E-state index is 0.0257. The highest BCUT2D eigenvalue weighted by Gasteiger charge is 2.57. The molecule has 1 amide bonds. The number of aliphatic hydroxyl groups is 2. The minimum atomic E-state index is -5.01. The molecule has 154 valence electrons. The summed E-state index contributed by atoms with van der Waals surface area (Å²) in [7, 11) is 1.33. The number of aryl methyl sites for hydroxylation is 1. The zero-order valence-corrected chi connectivity index (χ0v) is 16.1. The first-order chi connectivity index (χ1) is 13.0. The average molecular weight is 420 g/mol. The average Bonchev–Trinajstić information content (AvgIpc) is 3.06. The Morgan fingerprint density at radius 2 is 2.00 bits per heavy atom. The van der Waals surface area contributed by atoms with Crippen molar-refractivity contribution in [3.05, 3.63) is 53.1 Å². The summed E-state index contributed by atoms with van der Waals surface area (Å²) in [5.41, 5.74) is -5.00. The molecular formula is C18H21ClF3N3O3. The summed E-state index contributed by atoms with van der Waals surface area (Å²) >= 11 is 5.89. The molecular weight excluding hydrogens is 399 g/mol. The second kappa shape index (κ2) is 8.10. The molecule has 0 spiro atoms. The molecule has 0 radical (unpaired) electrons. The highest BCUT2D eigenvalue weighted by molar-refractivity contribution is 6.30. The second-order valence-corrected chi connectivity index (χ2v) is 6.89. The van der Waals surface area contributed by atoms with E-state index in [4.69, 9.17) is 11.6 Å². The lowest BCUT2D eigenvalue weighted by Gasteiger charge is -2.31. The van der Waals surface area contributed by atoms with Crippen LogP contribution < -0.4 is 5.32 Å². The SMILES string of the molecule is CC[C@](O)(C(=O)NCC[C@](O)(c1nccn1C)C(F)(F)F)c1cccc(Cl)c1. The van der Waals surface area contributed by atoms with Crippen LogP contribution in [0.25, 0.3) is 0 Å². The predicted molar refractivity (Wildman–Crippen MR) is 96.4 cm³/mol. The third kappa shape index (κ3) is 4.16. The quantitative estimate of drug-likeness (QED) is 0.644. The second-order valence-electron chi connectivity index (χ2n) is 6.45. The van der Waals surface area contributed by atoms with E-state index >= 15 is 0 Å². The van der Waals surface area contributed by atoms with E-state index in [0.717, 1.165) is 10.8 Å². The third-order valence-electron chi connectivity index (χ3n) is 4.62. The van der Waals surface area contributed by atoms with Gasteiger partial charge in [0.2, 0.25) is 5.60 Å². The summed E-state index contributed by atoms with van der Waals surface area (Å²) in [6, 6.07) is 6.02. The highest BCUT2D eigenvalue weighted by Crippen LogP contribution is 2.40. The summed E-state index contributed by atoms with van der Waals surface area (Å²) in [5, 5.41) is 23.6. The molecule has 2 atom stereocenters. The molecule has 2 aromatic rings. The first-order valence-corrected chi connectivity index (χ1v) is 8.87. The molecule has 0 aliphatic heterocycles. The van der Waals surface area contributed by atoms with Gasteiger partial charge in [-0.15, -0.1) is 0 Å². The van der Waals surface area contributed by atoms with E-state index in [1.807, 2.05) is 0 Å². The number of hydrogen-bond acceptors (Lipinski definition) is 4. The van der Waals surface area contributed by atoms with Crippen LogP contribution >= 0.6 is 11.6 Å². The molecule has 10 heteroatoms. The molecule has 0 saturated heterocycles. The van der Waals surface area contributed by atoms with Gasteiger partial charge in [-0.05, 0) is 24.1 Å². The van der Waals surface area contributed by atoms with Gasteiger partial charge in [-0.2, -0.15) is 13.2 Å². The van der Waals surface area contributed by atoms with Crippen LogP contribution in [0.15, 0.2) is 36.7 Å². The Kier molecular flexibility index (Phi) is 6.42. The Morgan fingerprint density at radius 1 is 1.32 bits per heavy atom. The number of carbonyl (C=O) groups excluding carboxylic acids is 1. The van der Waals surface area contributed by atoms with Gasteiger partial charge in [0.15, 0.2) is 5.60 Å². The van der Waals surface area contributed by atoms with E-state index in [1.54, 1.807) is 19.1 Å². The van der Waals surface area contributed by atoms with E-state index in [0.29, 0.717) is 5.02 Å². The zero-order valence-electron chi connectivity index (χ0n) is 15.3. The van der Waals surface area contributed by atoms with Crippen molar-refractivity contribution in [3.63, 3.8) is 0 Å². The number of aromatic nitrogens is 2. The first kappa shape index (κ1) is 22.2. The molecule has 1 aromatic heterocycles. The highest BCUT2D eigenvalue weighted by atomic mass is 35.5. The minimum Gasteiger partial charge on any atom is -0.375 e. The van der Waals surface area contributed by atoms with E-state index in [1.165, 1.54) is 25.4 Å². The molecule has 0 aliphatic rings. The summed E-state index contributed by atoms with van der Waals surface area (Å²) in [5.74, 6) is -1.48. The maximum atomic E-state index is 13.5. The fourth-order valence-electron chi connectivity index (χ4n) is 2.89. The van der Waals surface area contributed by atoms with Crippen molar-refractivity contribution in [3.8, 4) is 0 Å². The summed E-state index contributed by atoms with van der Waals surface area (Å²) in [4.78, 5) is 16.1. The van der Waals surface area contributed by atoms with Crippen LogP contribution in [-0.2, 0) is 23.0 Å². The number of alkyl halides is 3. The van der Waals surface area contributed by atoms with Gasteiger partial charge in [0, 0.05) is 37.4 Å². The largest absolute Gasteiger partial charge is 0.424 e. The Balaban J connectivity index is 2.17. The van der Waals surface area contributed by atoms with Crippen molar-refractivity contribution in [1.29, 1.82) is 0 Å². The van der Waals surface area contributed by atoms with E-state index in [-0.39, 0.29) is 12.0 Å². The zero-order chi connectivity index (χ0) is 21.2. The van der Waals surface area contributed by atoms with Crippen LogP contribution in [-0.4, -0.2) is 38.4 Å². The van der Waals surface area contributed by atoms with Crippen LogP contribution in [0.1, 0.15) is 31.2 Å². The van der Waals surface area contributed by atoms with Crippen molar-refractivity contribution >= 4 is 17.5 Å². The van der Waals surface area contributed by atoms with E-state index in [2.05, 4.69) is 10.3 Å². The number of rotatable bonds is 7. The Labute approximate surface area is 165 Å². The number of halogens is 4. The van der Waals surface area contributed by atoms with E-state index in [9.17, 15) is 28.2 Å². The monoisotopic (exact) mass is 419 g/mol. The standard InChI is InChI=1S/C18H21ClF3N3O3/c1-3-16(27,12-5-4-6-13(19)11-12)15(26)24-8-7-17(28,18(20,21)22)14-23-9-10-25(14)2/h4-6,9-11,27-28H,3,7-8H2,1-2H3,(H,24,26)/t16-,17+/m1/s1. The lowest BCUT2D eigenvalue weighted by Crippen LogP contribution is -2.49. The van der Waals surface area contributed by atoms with Crippen LogP contribution in [0.5, 0.6) is 0 Å². The Morgan fingerprint density at radius 3 is 2.50 bits per heavy atom. The summed E-state index contributed by atoms with van der Waals surface area (Å²) < 4.78 is 41.6. The fraction of sp³-hybridized carbons (Fsp3) is 0.444. The summed E-state index contributed by atoms with van der Waals surface area (Å²) in [6.07, 6.45) is -3.49. The molecule has 1 aromatic carbocycles. The van der Waals surface area contributed by atoms with Gasteiger partial charge in [-0.25, -0.2) is 4.98 Å². The third-order valence-corrected chi connectivity index (χ3v) is 4.86. The smallest absolute Gasteiger partial charge is 0.375 e. The fourth-order valence-corrected chi connectivity index (χ4v) is 3.08. The first-order valence-electron chi connectivity index (χ1n) is 8.49. The molecule has 0 bridgehead atoms. The van der Waals surface area contributed by atoms with Crippen molar-refractivity contribution in [2.45, 2.75) is 37.1 Å². The Bertz CT molecular complexity index is 843. The maximum absolute atomic E-state index is 13.5. The Hall–Kier alpha value is -2.10. The number of benzene rings is 1. The normalized spacial score (nSPS) is 16.3. The number of imidazole rings is 1. The topological polar surface area (TPSA) is 87.4 Å². The molecule has 3 N–H and O–H groups in total. The predicted octanol–water partition coefficient (Wildman–Crippen LogP) is 2.63. The van der Waals surface area contributed by atoms with Crippen LogP contribution in [0.4, 0.5) is 13.2 Å². The number of carbonyl (C=O) groups is 1. The molecule has 28 heavy (non-hydrogen) atoms.